The summed E-state index contributed by atoms with van der Waals surface area (Å²) in [6.45, 7) is 0.0153. The lowest BCUT2D eigenvalue weighted by Gasteiger charge is -2.11. The number of ether oxygens (including phenoxy) is 1. The first-order valence-electron chi connectivity index (χ1n) is 4.64. The van der Waals surface area contributed by atoms with Crippen LogP contribution in [-0.4, -0.2) is 30.5 Å². The van der Waals surface area contributed by atoms with Crippen molar-refractivity contribution >= 4 is 0 Å². The van der Waals surface area contributed by atoms with Crippen molar-refractivity contribution in [1.29, 1.82) is 0 Å². The Hall–Kier alpha value is -1.06. The molecule has 78 valence electrons. The Morgan fingerprint density at radius 2 is 2.00 bits per heavy atom. The van der Waals surface area contributed by atoms with Gasteiger partial charge in [0.15, 0.2) is 0 Å². The molecule has 0 aliphatic heterocycles. The maximum atomic E-state index is 8.92. The van der Waals surface area contributed by atoms with Crippen LogP contribution in [0.5, 0.6) is 5.75 Å². The quantitative estimate of drug-likeness (QED) is 0.688. The first-order valence-corrected chi connectivity index (χ1v) is 4.64. The van der Waals surface area contributed by atoms with Crippen LogP contribution in [0.25, 0.3) is 0 Å². The minimum absolute atomic E-state index is 0.00765. The standard InChI is InChI=1S/C11H16O3/c1-14-11-4-2-3-9(6-11)5-10(7-12)8-13/h2-4,6,10,12-13H,5,7-8H2,1H3/i1+1. The Morgan fingerprint density at radius 3 is 2.57 bits per heavy atom. The average Bonchev–Trinajstić information content (AvgIpc) is 2.26. The largest absolute Gasteiger partial charge is 0.497 e. The molecule has 1 aromatic rings. The van der Waals surface area contributed by atoms with Gasteiger partial charge in [0.05, 0.1) is 7.11 Å². The molecule has 0 saturated carbocycles. The molecule has 0 amide bonds. The molecule has 0 heterocycles. The lowest BCUT2D eigenvalue weighted by Crippen LogP contribution is -2.13. The maximum Gasteiger partial charge on any atom is 0.119 e. The molecule has 1 rings (SSSR count). The van der Waals surface area contributed by atoms with Crippen LogP contribution in [0, 0.1) is 5.92 Å². The summed E-state index contributed by atoms with van der Waals surface area (Å²) >= 11 is 0. The van der Waals surface area contributed by atoms with E-state index in [1.165, 1.54) is 0 Å². The van der Waals surface area contributed by atoms with Crippen LogP contribution < -0.4 is 4.74 Å². The first kappa shape index (κ1) is 11.0. The van der Waals surface area contributed by atoms with Gasteiger partial charge < -0.3 is 14.9 Å². The number of rotatable bonds is 5. The Balaban J connectivity index is 2.65. The fourth-order valence-electron chi connectivity index (χ4n) is 1.32. The van der Waals surface area contributed by atoms with Crippen LogP contribution >= 0.6 is 0 Å². The van der Waals surface area contributed by atoms with Crippen LogP contribution in [0.15, 0.2) is 24.3 Å². The summed E-state index contributed by atoms with van der Waals surface area (Å²) in [5.74, 6) is 0.722. The number of hydrogen-bond acceptors (Lipinski definition) is 3. The summed E-state index contributed by atoms with van der Waals surface area (Å²) in [5, 5.41) is 17.8. The molecule has 3 heteroatoms. The zero-order valence-electron chi connectivity index (χ0n) is 8.31. The lowest BCUT2D eigenvalue weighted by atomic mass is 10.0. The van der Waals surface area contributed by atoms with Gasteiger partial charge in [0.25, 0.3) is 0 Å². The fourth-order valence-corrected chi connectivity index (χ4v) is 1.32. The average molecular weight is 197 g/mol. The smallest absolute Gasteiger partial charge is 0.119 e. The second-order valence-electron chi connectivity index (χ2n) is 3.29. The molecule has 3 nitrogen and oxygen atoms in total. The number of benzene rings is 1. The van der Waals surface area contributed by atoms with Gasteiger partial charge in [0.2, 0.25) is 0 Å². The van der Waals surface area contributed by atoms with Gasteiger partial charge >= 0.3 is 0 Å². The third-order valence-electron chi connectivity index (χ3n) is 2.17. The van der Waals surface area contributed by atoms with E-state index < -0.39 is 0 Å². The van der Waals surface area contributed by atoms with E-state index in [-0.39, 0.29) is 19.1 Å². The Labute approximate surface area is 84.0 Å². The van der Waals surface area contributed by atoms with E-state index in [0.717, 1.165) is 11.3 Å². The monoisotopic (exact) mass is 197 g/mol. The SMILES string of the molecule is [13CH3]Oc1cccc(CC(CO)CO)c1. The van der Waals surface area contributed by atoms with Crippen LogP contribution in [0.1, 0.15) is 5.56 Å². The number of methoxy groups -OCH3 is 1. The molecule has 2 N–H and O–H groups in total. The minimum atomic E-state index is -0.0814. The molecule has 0 bridgehead atoms. The molecule has 0 aromatic heterocycles. The summed E-state index contributed by atoms with van der Waals surface area (Å²) in [4.78, 5) is 0. The topological polar surface area (TPSA) is 49.7 Å². The van der Waals surface area contributed by atoms with Gasteiger partial charge in [-0.3, -0.25) is 0 Å². The summed E-state index contributed by atoms with van der Waals surface area (Å²) < 4.78 is 5.08. The molecule has 0 spiro atoms. The second kappa shape index (κ2) is 5.62. The number of aliphatic hydroxyl groups is 2. The predicted octanol–water partition coefficient (Wildman–Crippen LogP) is 0.838. The van der Waals surface area contributed by atoms with Gasteiger partial charge in [-0.15, -0.1) is 0 Å². The van der Waals surface area contributed by atoms with E-state index in [4.69, 9.17) is 14.9 Å². The van der Waals surface area contributed by atoms with Crippen molar-refractivity contribution in [3.05, 3.63) is 29.8 Å². The van der Waals surface area contributed by atoms with Crippen molar-refractivity contribution in [2.24, 2.45) is 5.92 Å². The van der Waals surface area contributed by atoms with E-state index in [1.54, 1.807) is 7.11 Å². The molecular weight excluding hydrogens is 181 g/mol. The zero-order valence-corrected chi connectivity index (χ0v) is 8.31. The number of aliphatic hydroxyl groups excluding tert-OH is 2. The van der Waals surface area contributed by atoms with Gasteiger partial charge in [-0.2, -0.15) is 0 Å². The van der Waals surface area contributed by atoms with Crippen LogP contribution in [-0.2, 0) is 6.42 Å². The Kier molecular flexibility index (Phi) is 4.43. The highest BCUT2D eigenvalue weighted by atomic mass is 16.5. The van der Waals surface area contributed by atoms with Gasteiger partial charge in [0.1, 0.15) is 5.75 Å². The lowest BCUT2D eigenvalue weighted by molar-refractivity contribution is 0.150. The predicted molar refractivity (Wildman–Crippen MR) is 54.4 cm³/mol. The molecular formula is C11H16O3. The van der Waals surface area contributed by atoms with Gasteiger partial charge in [-0.05, 0) is 24.1 Å². The third-order valence-corrected chi connectivity index (χ3v) is 2.17. The fraction of sp³-hybridized carbons (Fsp3) is 0.455. The second-order valence-corrected chi connectivity index (χ2v) is 3.29. The molecule has 0 saturated heterocycles. The van der Waals surface area contributed by atoms with E-state index in [1.807, 2.05) is 24.3 Å². The van der Waals surface area contributed by atoms with E-state index in [2.05, 4.69) is 0 Å². The molecule has 0 unspecified atom stereocenters. The summed E-state index contributed by atoms with van der Waals surface area (Å²) in [6.07, 6.45) is 0.671. The van der Waals surface area contributed by atoms with Crippen molar-refractivity contribution in [3.63, 3.8) is 0 Å². The third kappa shape index (κ3) is 3.01. The van der Waals surface area contributed by atoms with Crippen molar-refractivity contribution in [2.45, 2.75) is 6.42 Å². The summed E-state index contributed by atoms with van der Waals surface area (Å²) in [6, 6.07) is 7.65. The van der Waals surface area contributed by atoms with Crippen LogP contribution in [0.2, 0.25) is 0 Å². The van der Waals surface area contributed by atoms with E-state index in [9.17, 15) is 0 Å². The van der Waals surface area contributed by atoms with Crippen molar-refractivity contribution in [1.82, 2.24) is 0 Å². The van der Waals surface area contributed by atoms with Crippen molar-refractivity contribution < 1.29 is 14.9 Å². The van der Waals surface area contributed by atoms with Gasteiger partial charge in [0, 0.05) is 19.1 Å². The van der Waals surface area contributed by atoms with Gasteiger partial charge in [-0.1, -0.05) is 12.1 Å². The zero-order chi connectivity index (χ0) is 10.4. The van der Waals surface area contributed by atoms with Crippen LogP contribution in [0.3, 0.4) is 0 Å². The highest BCUT2D eigenvalue weighted by molar-refractivity contribution is 5.28. The molecule has 0 fully saturated rings. The summed E-state index contributed by atoms with van der Waals surface area (Å²) in [7, 11) is 1.62. The molecule has 1 aromatic carbocycles. The molecule has 14 heavy (non-hydrogen) atoms. The first-order chi connectivity index (χ1) is 6.80. The normalized spacial score (nSPS) is 10.6. The van der Waals surface area contributed by atoms with Crippen molar-refractivity contribution in [3.8, 4) is 5.75 Å². The summed E-state index contributed by atoms with van der Waals surface area (Å²) in [5.41, 5.74) is 1.07. The molecule has 0 radical (unpaired) electrons. The minimum Gasteiger partial charge on any atom is -0.497 e. The Bertz CT molecular complexity index is 269. The number of hydrogen-bond donors (Lipinski definition) is 2. The molecule has 0 aliphatic carbocycles. The van der Waals surface area contributed by atoms with E-state index >= 15 is 0 Å². The van der Waals surface area contributed by atoms with Crippen molar-refractivity contribution in [2.75, 3.05) is 20.3 Å². The maximum absolute atomic E-state index is 8.92. The van der Waals surface area contributed by atoms with Gasteiger partial charge in [-0.25, -0.2) is 0 Å². The molecule has 0 aliphatic rings. The van der Waals surface area contributed by atoms with Crippen LogP contribution in [0.4, 0.5) is 0 Å². The van der Waals surface area contributed by atoms with E-state index in [0.29, 0.717) is 6.42 Å². The Morgan fingerprint density at radius 1 is 1.29 bits per heavy atom. The highest BCUT2D eigenvalue weighted by Gasteiger charge is 2.07. The molecule has 0 atom stereocenters. The highest BCUT2D eigenvalue weighted by Crippen LogP contribution is 2.15.